The molecular formula is C13H14ClFN2S. The SMILES string of the molecule is CCc1nc(C(N)c2c(F)cccc2Cl)sc1C. The highest BCUT2D eigenvalue weighted by Gasteiger charge is 2.20. The maximum atomic E-state index is 13.8. The molecule has 0 bridgehead atoms. The lowest BCUT2D eigenvalue weighted by molar-refractivity contribution is 0.599. The van der Waals surface area contributed by atoms with E-state index in [0.29, 0.717) is 15.6 Å². The molecule has 2 aromatic rings. The summed E-state index contributed by atoms with van der Waals surface area (Å²) >= 11 is 7.51. The monoisotopic (exact) mass is 284 g/mol. The van der Waals surface area contributed by atoms with Gasteiger partial charge in [0.1, 0.15) is 10.8 Å². The number of aryl methyl sites for hydroxylation is 2. The fourth-order valence-corrected chi connectivity index (χ4v) is 3.15. The Morgan fingerprint density at radius 1 is 1.50 bits per heavy atom. The van der Waals surface area contributed by atoms with Crippen LogP contribution in [-0.2, 0) is 6.42 Å². The first-order valence-electron chi connectivity index (χ1n) is 5.70. The predicted octanol–water partition coefficient (Wildman–Crippen LogP) is 3.85. The van der Waals surface area contributed by atoms with Gasteiger partial charge >= 0.3 is 0 Å². The molecule has 2 nitrogen and oxygen atoms in total. The van der Waals surface area contributed by atoms with Crippen molar-refractivity contribution in [3.63, 3.8) is 0 Å². The van der Waals surface area contributed by atoms with Crippen LogP contribution in [0.3, 0.4) is 0 Å². The molecule has 0 saturated carbocycles. The van der Waals surface area contributed by atoms with Crippen molar-refractivity contribution < 1.29 is 4.39 Å². The van der Waals surface area contributed by atoms with Crippen LogP contribution in [0.25, 0.3) is 0 Å². The topological polar surface area (TPSA) is 38.9 Å². The second-order valence-corrected chi connectivity index (χ2v) is 5.66. The van der Waals surface area contributed by atoms with E-state index in [1.165, 1.54) is 17.4 Å². The smallest absolute Gasteiger partial charge is 0.129 e. The fraction of sp³-hybridized carbons (Fsp3) is 0.308. The number of hydrogen-bond donors (Lipinski definition) is 1. The first-order valence-corrected chi connectivity index (χ1v) is 6.89. The second-order valence-electron chi connectivity index (χ2n) is 4.02. The minimum absolute atomic E-state index is 0.315. The molecule has 18 heavy (non-hydrogen) atoms. The molecule has 1 aromatic carbocycles. The summed E-state index contributed by atoms with van der Waals surface area (Å²) in [5.41, 5.74) is 7.41. The molecule has 96 valence electrons. The van der Waals surface area contributed by atoms with Crippen LogP contribution in [-0.4, -0.2) is 4.98 Å². The second kappa shape index (κ2) is 5.34. The van der Waals surface area contributed by atoms with Crippen molar-refractivity contribution in [2.45, 2.75) is 26.3 Å². The van der Waals surface area contributed by atoms with Gasteiger partial charge in [-0.1, -0.05) is 24.6 Å². The van der Waals surface area contributed by atoms with Crippen molar-refractivity contribution in [3.8, 4) is 0 Å². The zero-order valence-electron chi connectivity index (χ0n) is 10.2. The van der Waals surface area contributed by atoms with E-state index in [4.69, 9.17) is 17.3 Å². The van der Waals surface area contributed by atoms with E-state index in [1.54, 1.807) is 12.1 Å². The summed E-state index contributed by atoms with van der Waals surface area (Å²) in [5, 5.41) is 1.05. The van der Waals surface area contributed by atoms with Crippen LogP contribution in [0.2, 0.25) is 5.02 Å². The van der Waals surface area contributed by atoms with Crippen molar-refractivity contribution >= 4 is 22.9 Å². The maximum absolute atomic E-state index is 13.8. The summed E-state index contributed by atoms with van der Waals surface area (Å²) < 4.78 is 13.8. The molecule has 1 atom stereocenters. The minimum atomic E-state index is -0.609. The predicted molar refractivity (Wildman–Crippen MR) is 73.7 cm³/mol. The van der Waals surface area contributed by atoms with Crippen LogP contribution < -0.4 is 5.73 Å². The first-order chi connectivity index (χ1) is 8.54. The number of benzene rings is 1. The number of nitrogens with two attached hydrogens (primary N) is 1. The molecule has 0 aliphatic carbocycles. The summed E-state index contributed by atoms with van der Waals surface area (Å²) in [6.07, 6.45) is 0.847. The molecule has 0 spiro atoms. The molecule has 0 radical (unpaired) electrons. The van der Waals surface area contributed by atoms with Gasteiger partial charge in [0, 0.05) is 15.5 Å². The molecule has 2 rings (SSSR count). The number of thiazole rings is 1. The normalized spacial score (nSPS) is 12.7. The third-order valence-corrected chi connectivity index (χ3v) is 4.25. The Hall–Kier alpha value is -0.970. The van der Waals surface area contributed by atoms with E-state index in [2.05, 4.69) is 4.98 Å². The maximum Gasteiger partial charge on any atom is 0.129 e. The van der Waals surface area contributed by atoms with E-state index in [-0.39, 0.29) is 5.82 Å². The van der Waals surface area contributed by atoms with E-state index in [0.717, 1.165) is 17.0 Å². The summed E-state index contributed by atoms with van der Waals surface area (Å²) in [6.45, 7) is 4.03. The molecule has 0 aliphatic rings. The molecule has 0 amide bonds. The van der Waals surface area contributed by atoms with E-state index in [9.17, 15) is 4.39 Å². The molecule has 1 heterocycles. The van der Waals surface area contributed by atoms with Gasteiger partial charge in [0.25, 0.3) is 0 Å². The lowest BCUT2D eigenvalue weighted by Gasteiger charge is -2.11. The molecular weight excluding hydrogens is 271 g/mol. The average Bonchev–Trinajstić information content (AvgIpc) is 2.70. The van der Waals surface area contributed by atoms with Gasteiger partial charge in [0.15, 0.2) is 0 Å². The van der Waals surface area contributed by atoms with Crippen LogP contribution in [0.5, 0.6) is 0 Å². The number of halogens is 2. The molecule has 1 unspecified atom stereocenters. The van der Waals surface area contributed by atoms with Gasteiger partial charge in [0.05, 0.1) is 11.7 Å². The van der Waals surface area contributed by atoms with Crippen LogP contribution in [0.4, 0.5) is 4.39 Å². The Bertz CT molecular complexity index is 548. The van der Waals surface area contributed by atoms with Crippen molar-refractivity contribution in [2.75, 3.05) is 0 Å². The Labute approximate surface area is 115 Å². The fourth-order valence-electron chi connectivity index (χ4n) is 1.84. The zero-order valence-corrected chi connectivity index (χ0v) is 11.8. The van der Waals surface area contributed by atoms with Crippen molar-refractivity contribution in [1.29, 1.82) is 0 Å². The van der Waals surface area contributed by atoms with Gasteiger partial charge in [-0.15, -0.1) is 11.3 Å². The molecule has 0 aliphatic heterocycles. The van der Waals surface area contributed by atoms with Gasteiger partial charge < -0.3 is 5.73 Å². The van der Waals surface area contributed by atoms with Crippen molar-refractivity contribution in [1.82, 2.24) is 4.98 Å². The summed E-state index contributed by atoms with van der Waals surface area (Å²) in [4.78, 5) is 5.58. The quantitative estimate of drug-likeness (QED) is 0.930. The van der Waals surface area contributed by atoms with Crippen molar-refractivity contribution in [3.05, 3.63) is 50.2 Å². The Kier molecular flexibility index (Phi) is 4.00. The molecule has 0 saturated heterocycles. The lowest BCUT2D eigenvalue weighted by atomic mass is 10.1. The van der Waals surface area contributed by atoms with Gasteiger partial charge in [0.2, 0.25) is 0 Å². The molecule has 0 fully saturated rings. The third-order valence-electron chi connectivity index (χ3n) is 2.82. The number of hydrogen-bond acceptors (Lipinski definition) is 3. The van der Waals surface area contributed by atoms with Crippen molar-refractivity contribution in [2.24, 2.45) is 5.73 Å². The Balaban J connectivity index is 2.44. The third kappa shape index (κ3) is 2.41. The van der Waals surface area contributed by atoms with Gasteiger partial charge in [-0.25, -0.2) is 9.37 Å². The number of rotatable bonds is 3. The highest BCUT2D eigenvalue weighted by atomic mass is 35.5. The summed E-state index contributed by atoms with van der Waals surface area (Å²) in [7, 11) is 0. The molecule has 1 aromatic heterocycles. The average molecular weight is 285 g/mol. The lowest BCUT2D eigenvalue weighted by Crippen LogP contribution is -2.14. The standard InChI is InChI=1S/C13H14ClFN2S/c1-3-10-7(2)18-13(17-10)12(16)11-8(14)5-4-6-9(11)15/h4-6,12H,3,16H2,1-2H3. The first kappa shape index (κ1) is 13.5. The van der Waals surface area contributed by atoms with E-state index >= 15 is 0 Å². The summed E-state index contributed by atoms with van der Waals surface area (Å²) in [5.74, 6) is -0.388. The highest BCUT2D eigenvalue weighted by Crippen LogP contribution is 2.32. The van der Waals surface area contributed by atoms with Gasteiger partial charge in [-0.2, -0.15) is 0 Å². The largest absolute Gasteiger partial charge is 0.318 e. The van der Waals surface area contributed by atoms with E-state index < -0.39 is 6.04 Å². The van der Waals surface area contributed by atoms with Crippen LogP contribution in [0, 0.1) is 12.7 Å². The Morgan fingerprint density at radius 2 is 2.22 bits per heavy atom. The van der Waals surface area contributed by atoms with Crippen LogP contribution in [0.1, 0.15) is 34.1 Å². The number of nitrogens with zero attached hydrogens (tertiary/aromatic N) is 1. The van der Waals surface area contributed by atoms with Gasteiger partial charge in [-0.05, 0) is 25.5 Å². The van der Waals surface area contributed by atoms with Gasteiger partial charge in [-0.3, -0.25) is 0 Å². The number of aromatic nitrogens is 1. The zero-order chi connectivity index (χ0) is 13.3. The molecule has 2 N–H and O–H groups in total. The van der Waals surface area contributed by atoms with Crippen LogP contribution in [0.15, 0.2) is 18.2 Å². The van der Waals surface area contributed by atoms with Crippen LogP contribution >= 0.6 is 22.9 Å². The summed E-state index contributed by atoms with van der Waals surface area (Å²) in [6, 6.07) is 3.96. The molecule has 5 heteroatoms. The minimum Gasteiger partial charge on any atom is -0.318 e. The Morgan fingerprint density at radius 3 is 2.78 bits per heavy atom. The highest BCUT2D eigenvalue weighted by molar-refractivity contribution is 7.11. The van der Waals surface area contributed by atoms with E-state index in [1.807, 2.05) is 13.8 Å².